The maximum atomic E-state index is 14.1. The lowest BCUT2D eigenvalue weighted by Gasteiger charge is -2.39. The molecule has 3 aliphatic rings. The lowest BCUT2D eigenvalue weighted by Crippen LogP contribution is -2.57. The van der Waals surface area contributed by atoms with E-state index in [-0.39, 0.29) is 59.3 Å². The summed E-state index contributed by atoms with van der Waals surface area (Å²) in [7, 11) is 1.53. The topological polar surface area (TPSA) is 100 Å². The fraction of sp³-hybridized carbons (Fsp3) is 0.440. The van der Waals surface area contributed by atoms with Crippen LogP contribution in [0.3, 0.4) is 0 Å². The summed E-state index contributed by atoms with van der Waals surface area (Å²) in [6.07, 6.45) is -3.54. The molecule has 2 saturated heterocycles. The van der Waals surface area contributed by atoms with Gasteiger partial charge in [0.25, 0.3) is 5.91 Å². The van der Waals surface area contributed by atoms with Crippen molar-refractivity contribution < 1.29 is 32.2 Å². The predicted molar refractivity (Wildman–Crippen MR) is 137 cm³/mol. The molecule has 10 nitrogen and oxygen atoms in total. The van der Waals surface area contributed by atoms with Gasteiger partial charge in [0, 0.05) is 39.8 Å². The maximum Gasteiger partial charge on any atom is 0.418 e. The van der Waals surface area contributed by atoms with Gasteiger partial charge in [-0.3, -0.25) is 9.59 Å². The molecular weight excluding hydrogens is 541 g/mol. The molecule has 14 heteroatoms. The number of anilines is 2. The Labute approximate surface area is 227 Å². The van der Waals surface area contributed by atoms with Gasteiger partial charge in [0.1, 0.15) is 40.2 Å². The highest BCUT2D eigenvalue weighted by atomic mass is 35.5. The summed E-state index contributed by atoms with van der Waals surface area (Å²) < 4.78 is 53.7. The van der Waals surface area contributed by atoms with Crippen LogP contribution in [0.5, 0.6) is 5.75 Å². The van der Waals surface area contributed by atoms with Gasteiger partial charge in [0.05, 0.1) is 24.8 Å². The van der Waals surface area contributed by atoms with E-state index < -0.39 is 29.4 Å². The van der Waals surface area contributed by atoms with Crippen LogP contribution in [0.4, 0.5) is 24.8 Å². The summed E-state index contributed by atoms with van der Waals surface area (Å²) in [6.45, 7) is 5.63. The number of nitrogens with zero attached hydrogens (tertiary/aromatic N) is 5. The number of halogens is 4. The zero-order valence-corrected chi connectivity index (χ0v) is 21.8. The van der Waals surface area contributed by atoms with Crippen LogP contribution >= 0.6 is 11.6 Å². The highest BCUT2D eigenvalue weighted by Gasteiger charge is 2.42. The lowest BCUT2D eigenvalue weighted by molar-refractivity contribution is -0.137. The van der Waals surface area contributed by atoms with Gasteiger partial charge in [0.15, 0.2) is 5.75 Å². The number of amides is 2. The lowest BCUT2D eigenvalue weighted by atomic mass is 10.1. The maximum absolute atomic E-state index is 14.1. The number of hydrogen-bond acceptors (Lipinski definition) is 8. The first kappa shape index (κ1) is 27.0. The molecule has 0 aliphatic carbocycles. The molecule has 1 unspecified atom stereocenters. The first-order chi connectivity index (χ1) is 18.6. The first-order valence-corrected chi connectivity index (χ1v) is 12.7. The number of pyridine rings is 2. The van der Waals surface area contributed by atoms with E-state index in [1.807, 2.05) is 0 Å². The summed E-state index contributed by atoms with van der Waals surface area (Å²) in [4.78, 5) is 39.8. The van der Waals surface area contributed by atoms with Gasteiger partial charge < -0.3 is 29.5 Å². The molecule has 39 heavy (non-hydrogen) atoms. The number of carbonyl (C=O) groups is 2. The molecule has 1 atom stereocenters. The van der Waals surface area contributed by atoms with Gasteiger partial charge in [-0.15, -0.1) is 0 Å². The Morgan fingerprint density at radius 3 is 2.59 bits per heavy atom. The smallest absolute Gasteiger partial charge is 0.418 e. The average Bonchev–Trinajstić information content (AvgIpc) is 3.09. The quantitative estimate of drug-likeness (QED) is 0.564. The van der Waals surface area contributed by atoms with Crippen LogP contribution in [0.25, 0.3) is 11.4 Å². The second kappa shape index (κ2) is 10.5. The number of ether oxygens (including phenoxy) is 2. The molecule has 0 radical (unpaired) electrons. The number of piperazine rings is 1. The number of alkyl halides is 3. The van der Waals surface area contributed by atoms with Crippen molar-refractivity contribution in [2.45, 2.75) is 12.2 Å². The summed E-state index contributed by atoms with van der Waals surface area (Å²) in [6, 6.07) is 1.61. The Balaban J connectivity index is 1.68. The minimum atomic E-state index is -4.75. The van der Waals surface area contributed by atoms with E-state index >= 15 is 0 Å². The molecule has 0 saturated carbocycles. The number of carbonyl (C=O) groups excluding carboxylic acids is 2. The number of hydrogen-bond donors (Lipinski definition) is 1. The molecule has 208 valence electrons. The van der Waals surface area contributed by atoms with Crippen molar-refractivity contribution in [1.82, 2.24) is 19.8 Å². The molecule has 0 spiro atoms. The molecule has 2 fully saturated rings. The van der Waals surface area contributed by atoms with Crippen LogP contribution in [-0.4, -0.2) is 97.2 Å². The van der Waals surface area contributed by atoms with Crippen LogP contribution in [0.15, 0.2) is 24.8 Å². The molecule has 1 N–H and O–H groups in total. The largest absolute Gasteiger partial charge is 0.489 e. The summed E-state index contributed by atoms with van der Waals surface area (Å²) in [5.74, 6) is -0.426. The van der Waals surface area contributed by atoms with Gasteiger partial charge >= 0.3 is 6.18 Å². The van der Waals surface area contributed by atoms with Crippen molar-refractivity contribution in [3.05, 3.63) is 40.9 Å². The molecule has 2 aromatic rings. The van der Waals surface area contributed by atoms with Crippen molar-refractivity contribution in [3.63, 3.8) is 0 Å². The molecule has 2 aromatic heterocycles. The van der Waals surface area contributed by atoms with E-state index in [4.69, 9.17) is 21.1 Å². The molecule has 3 aliphatic heterocycles. The molecule has 0 aromatic carbocycles. The van der Waals surface area contributed by atoms with E-state index in [1.54, 1.807) is 14.7 Å². The summed E-state index contributed by atoms with van der Waals surface area (Å²) >= 11 is 6.72. The van der Waals surface area contributed by atoms with Gasteiger partial charge in [-0.1, -0.05) is 18.2 Å². The van der Waals surface area contributed by atoms with Crippen molar-refractivity contribution in [3.8, 4) is 17.1 Å². The van der Waals surface area contributed by atoms with Crippen molar-refractivity contribution in [2.75, 3.05) is 69.8 Å². The Morgan fingerprint density at radius 2 is 1.92 bits per heavy atom. The van der Waals surface area contributed by atoms with E-state index in [0.717, 1.165) is 6.07 Å². The number of morpholine rings is 1. The number of aromatic nitrogens is 2. The average molecular weight is 567 g/mol. The Kier molecular flexibility index (Phi) is 7.29. The van der Waals surface area contributed by atoms with E-state index in [1.165, 1.54) is 19.2 Å². The fourth-order valence-electron chi connectivity index (χ4n) is 4.94. The van der Waals surface area contributed by atoms with Crippen LogP contribution in [-0.2, 0) is 15.7 Å². The zero-order chi connectivity index (χ0) is 27.9. The number of fused-ring (bicyclic) bond motifs is 2. The minimum absolute atomic E-state index is 0.0263. The van der Waals surface area contributed by atoms with E-state index in [0.29, 0.717) is 32.8 Å². The second-order valence-corrected chi connectivity index (χ2v) is 9.57. The third-order valence-corrected chi connectivity index (χ3v) is 7.28. The van der Waals surface area contributed by atoms with Crippen LogP contribution < -0.4 is 15.0 Å². The normalized spacial score (nSPS) is 19.6. The van der Waals surface area contributed by atoms with Crippen molar-refractivity contribution in [2.24, 2.45) is 0 Å². The van der Waals surface area contributed by atoms with Gasteiger partial charge in [-0.2, -0.15) is 13.2 Å². The molecule has 5 rings (SSSR count). The SMILES string of the molecule is C=CC(=O)N1CCN2C(=O)c3c(N4CCOCC4)nc(-c4nc(NC)ccc4C(F)(F)F)c(Cl)c3OCC2C1. The third kappa shape index (κ3) is 4.96. The van der Waals surface area contributed by atoms with Crippen molar-refractivity contribution >= 4 is 35.1 Å². The van der Waals surface area contributed by atoms with E-state index in [2.05, 4.69) is 21.9 Å². The Hall–Kier alpha value is -3.58. The number of nitrogens with one attached hydrogen (secondary N) is 1. The summed E-state index contributed by atoms with van der Waals surface area (Å²) in [5, 5.41) is 2.49. The summed E-state index contributed by atoms with van der Waals surface area (Å²) in [5.41, 5.74) is -1.70. The Morgan fingerprint density at radius 1 is 1.18 bits per heavy atom. The third-order valence-electron chi connectivity index (χ3n) is 6.93. The van der Waals surface area contributed by atoms with Crippen molar-refractivity contribution in [1.29, 1.82) is 0 Å². The Bertz CT molecular complexity index is 1320. The van der Waals surface area contributed by atoms with Crippen LogP contribution in [0.1, 0.15) is 15.9 Å². The first-order valence-electron chi connectivity index (χ1n) is 12.3. The van der Waals surface area contributed by atoms with E-state index in [9.17, 15) is 22.8 Å². The molecule has 2 amide bonds. The zero-order valence-electron chi connectivity index (χ0n) is 21.1. The fourth-order valence-corrected chi connectivity index (χ4v) is 5.23. The van der Waals surface area contributed by atoms with Gasteiger partial charge in [-0.05, 0) is 18.2 Å². The minimum Gasteiger partial charge on any atom is -0.489 e. The standard InChI is InChI=1S/C25H26ClF3N6O4/c1-3-17(36)34-6-7-35-14(12-34)13-39-22-18(24(35)37)23(33-8-10-38-11-9-33)32-21(19(22)26)20-15(25(27,28)29)4-5-16(30-2)31-20/h3-5,14H,1,6-13H2,2H3,(H,30,31). The highest BCUT2D eigenvalue weighted by molar-refractivity contribution is 6.35. The second-order valence-electron chi connectivity index (χ2n) is 9.19. The highest BCUT2D eigenvalue weighted by Crippen LogP contribution is 2.46. The predicted octanol–water partition coefficient (Wildman–Crippen LogP) is 2.93. The number of rotatable bonds is 4. The van der Waals surface area contributed by atoms with Gasteiger partial charge in [0.2, 0.25) is 5.91 Å². The molecule has 0 bridgehead atoms. The molecule has 5 heterocycles. The monoisotopic (exact) mass is 566 g/mol. The van der Waals surface area contributed by atoms with Crippen LogP contribution in [0, 0.1) is 0 Å². The molecular formula is C25H26ClF3N6O4. The van der Waals surface area contributed by atoms with Gasteiger partial charge in [-0.25, -0.2) is 9.97 Å². The van der Waals surface area contributed by atoms with Crippen LogP contribution in [0.2, 0.25) is 5.02 Å².